The molecule has 2 aliphatic heterocycles. The maximum Gasteiger partial charge on any atom is 0.347 e. The number of anilines is 2. The van der Waals surface area contributed by atoms with E-state index in [-0.39, 0.29) is 28.9 Å². The summed E-state index contributed by atoms with van der Waals surface area (Å²) in [6, 6.07) is 5.59. The quantitative estimate of drug-likeness (QED) is 0.0742. The molecule has 3 aromatic rings. The van der Waals surface area contributed by atoms with Crippen LogP contribution in [0.3, 0.4) is 0 Å². The summed E-state index contributed by atoms with van der Waals surface area (Å²) >= 11 is 0.525. The number of benzene rings is 1. The van der Waals surface area contributed by atoms with Crippen molar-refractivity contribution in [1.82, 2.24) is 25.2 Å². The number of hydrogen-bond acceptors (Lipinski definition) is 15. The molecule has 4 heterocycles. The first-order chi connectivity index (χ1) is 30.1. The molecule has 22 heteroatoms. The Balaban J connectivity index is 1.12. The fourth-order valence-corrected chi connectivity index (χ4v) is 12.3. The van der Waals surface area contributed by atoms with Gasteiger partial charge in [0.1, 0.15) is 8.42 Å². The van der Waals surface area contributed by atoms with Crippen molar-refractivity contribution in [3.8, 4) is 0 Å². The summed E-state index contributed by atoms with van der Waals surface area (Å²) < 4.78 is 63.7. The van der Waals surface area contributed by atoms with E-state index in [1.54, 1.807) is 45.0 Å². The molecule has 1 aromatic carbocycles. The molecular formula is C42H55N7O12S3. The largest absolute Gasteiger partial charge is 0.451 e. The van der Waals surface area contributed by atoms with Crippen LogP contribution in [0.2, 0.25) is 0 Å². The third-order valence-corrected chi connectivity index (χ3v) is 16.6. The van der Waals surface area contributed by atoms with Crippen LogP contribution in [0.15, 0.2) is 32.7 Å². The topological polar surface area (TPSA) is 268 Å². The number of aromatic amines is 1. The Bertz CT molecular complexity index is 2580. The third kappa shape index (κ3) is 11.3. The van der Waals surface area contributed by atoms with Crippen LogP contribution in [-0.2, 0) is 53.3 Å². The summed E-state index contributed by atoms with van der Waals surface area (Å²) in [6.07, 6.45) is -2.11. The summed E-state index contributed by atoms with van der Waals surface area (Å²) in [5, 5.41) is 10.8. The van der Waals surface area contributed by atoms with Gasteiger partial charge in [-0.1, -0.05) is 20.8 Å². The molecule has 0 saturated carbocycles. The first kappa shape index (κ1) is 49.6. The number of H-pyrrole nitrogens is 1. The number of ether oxygens (including phenoxy) is 2. The van der Waals surface area contributed by atoms with Gasteiger partial charge in [-0.05, 0) is 96.6 Å². The fraction of sp³-hybridized carbons (Fsp3) is 0.476. The lowest BCUT2D eigenvalue weighted by Crippen LogP contribution is -2.41. The van der Waals surface area contributed by atoms with Crippen molar-refractivity contribution < 1.29 is 55.1 Å². The lowest BCUT2D eigenvalue weighted by Gasteiger charge is -2.27. The highest BCUT2D eigenvalue weighted by Crippen LogP contribution is 2.43. The monoisotopic (exact) mass is 945 g/mol. The molecule has 2 unspecified atom stereocenters. The van der Waals surface area contributed by atoms with Gasteiger partial charge in [0.25, 0.3) is 27.7 Å². The van der Waals surface area contributed by atoms with Crippen molar-refractivity contribution in [3.63, 3.8) is 0 Å². The number of fused-ring (bicyclic) bond motifs is 2. The Labute approximate surface area is 376 Å². The number of rotatable bonds is 19. The van der Waals surface area contributed by atoms with Crippen LogP contribution in [0.1, 0.15) is 105 Å². The molecule has 348 valence electrons. The number of hydrogen-bond donors (Lipinski definition) is 6. The summed E-state index contributed by atoms with van der Waals surface area (Å²) in [5.41, 5.74) is 4.30. The van der Waals surface area contributed by atoms with E-state index in [1.807, 2.05) is 11.6 Å². The van der Waals surface area contributed by atoms with Crippen molar-refractivity contribution in [2.45, 2.75) is 107 Å². The highest BCUT2D eigenvalue weighted by molar-refractivity contribution is 7.95. The van der Waals surface area contributed by atoms with Crippen LogP contribution in [0.25, 0.3) is 11.6 Å². The molecule has 0 aliphatic carbocycles. The second kappa shape index (κ2) is 20.6. The molecule has 0 saturated heterocycles. The van der Waals surface area contributed by atoms with E-state index in [0.29, 0.717) is 81.6 Å². The van der Waals surface area contributed by atoms with E-state index in [1.165, 1.54) is 13.0 Å². The lowest BCUT2D eigenvalue weighted by molar-refractivity contribution is -0.171. The molecule has 64 heavy (non-hydrogen) atoms. The zero-order valence-electron chi connectivity index (χ0n) is 36.9. The van der Waals surface area contributed by atoms with Crippen molar-refractivity contribution in [1.29, 1.82) is 0 Å². The molecule has 5 rings (SSSR count). The Morgan fingerprint density at radius 2 is 1.72 bits per heavy atom. The predicted octanol–water partition coefficient (Wildman–Crippen LogP) is 3.56. The Hall–Kier alpha value is -5.42. The van der Waals surface area contributed by atoms with Gasteiger partial charge in [0.05, 0.1) is 22.8 Å². The van der Waals surface area contributed by atoms with Crippen molar-refractivity contribution in [3.05, 3.63) is 57.9 Å². The van der Waals surface area contributed by atoms with Gasteiger partial charge in [0.2, 0.25) is 5.91 Å². The minimum Gasteiger partial charge on any atom is -0.451 e. The summed E-state index contributed by atoms with van der Waals surface area (Å²) in [4.78, 5) is 82.6. The molecule has 6 N–H and O–H groups in total. The van der Waals surface area contributed by atoms with Crippen LogP contribution in [0.5, 0.6) is 0 Å². The molecule has 0 fully saturated rings. The molecule has 2 aromatic heterocycles. The average Bonchev–Trinajstić information content (AvgIpc) is 3.91. The molecule has 0 bridgehead atoms. The highest BCUT2D eigenvalue weighted by atomic mass is 32.3. The standard InChI is InChI=1S/C42H55N7O12S3/c1-9-43-33-18-22(4)63(56,57)42-30(33)21-36(62-42)64(58,59)48-38(52)25(7)61-41(55)26(8)60-35(51)15-14-34(50)46-27-12-13-31-28(19-27)29(39(53)47-31)20-32-23(5)37(24(6)45-32)40(54)44-16-17-49(10-2)11-3/h12-13,19-22,25-26,33,43,45H,9-11,14-18H2,1-8H3,(H,44,54)(H,46,50)(H,47,53)(H,48,52)/b29-20-/t22-,25?,26?,33-/m0/s1. The lowest BCUT2D eigenvalue weighted by atomic mass is 10.0. The minimum absolute atomic E-state index is 0.100. The van der Waals surface area contributed by atoms with Crippen molar-refractivity contribution in [2.75, 3.05) is 43.4 Å². The number of aromatic nitrogens is 1. The molecule has 19 nitrogen and oxygen atoms in total. The van der Waals surface area contributed by atoms with Crippen LogP contribution in [-0.4, -0.2) is 112 Å². The number of sulfonamides is 1. The van der Waals surface area contributed by atoms with Crippen LogP contribution in [0.4, 0.5) is 11.4 Å². The summed E-state index contributed by atoms with van der Waals surface area (Å²) in [7, 11) is -8.37. The van der Waals surface area contributed by atoms with Crippen LogP contribution >= 0.6 is 11.3 Å². The number of aryl methyl sites for hydroxylation is 1. The van der Waals surface area contributed by atoms with Gasteiger partial charge in [0.15, 0.2) is 22.0 Å². The normalized spacial score (nSPS) is 18.1. The van der Waals surface area contributed by atoms with Gasteiger partial charge in [0, 0.05) is 59.4 Å². The molecule has 2 aliphatic rings. The Kier molecular flexibility index (Phi) is 16.0. The van der Waals surface area contributed by atoms with Gasteiger partial charge >= 0.3 is 11.9 Å². The first-order valence-corrected chi connectivity index (χ1v) is 24.7. The average molecular weight is 946 g/mol. The number of likely N-dealkylation sites (N-methyl/N-ethyl adjacent to an activating group) is 1. The van der Waals surface area contributed by atoms with Gasteiger partial charge in [-0.3, -0.25) is 24.0 Å². The predicted molar refractivity (Wildman–Crippen MR) is 240 cm³/mol. The number of carbonyl (C=O) groups is 6. The number of thiophene rings is 1. The molecule has 0 spiro atoms. The van der Waals surface area contributed by atoms with E-state index < -0.39 is 77.7 Å². The Morgan fingerprint density at radius 1 is 1.02 bits per heavy atom. The summed E-state index contributed by atoms with van der Waals surface area (Å²) in [6.45, 7) is 16.8. The molecular weight excluding hydrogens is 891 g/mol. The smallest absolute Gasteiger partial charge is 0.347 e. The zero-order chi connectivity index (χ0) is 47.3. The van der Waals surface area contributed by atoms with Crippen LogP contribution < -0.4 is 26.0 Å². The van der Waals surface area contributed by atoms with E-state index in [4.69, 9.17) is 9.47 Å². The van der Waals surface area contributed by atoms with E-state index in [2.05, 4.69) is 45.0 Å². The van der Waals surface area contributed by atoms with E-state index in [0.717, 1.165) is 20.0 Å². The fourth-order valence-electron chi connectivity index (χ4n) is 7.27. The van der Waals surface area contributed by atoms with Gasteiger partial charge in [-0.2, -0.15) is 0 Å². The molecule has 4 atom stereocenters. The van der Waals surface area contributed by atoms with E-state index in [9.17, 15) is 45.6 Å². The number of amides is 4. The van der Waals surface area contributed by atoms with E-state index >= 15 is 0 Å². The third-order valence-electron chi connectivity index (χ3n) is 10.9. The minimum atomic E-state index is -4.57. The Morgan fingerprint density at radius 3 is 2.39 bits per heavy atom. The number of carbonyl (C=O) groups excluding carboxylic acids is 6. The van der Waals surface area contributed by atoms with Crippen molar-refractivity contribution >= 4 is 89.8 Å². The second-order valence-corrected chi connectivity index (χ2v) is 21.0. The number of nitrogens with one attached hydrogen (secondary N) is 6. The number of nitrogens with zero attached hydrogens (tertiary/aromatic N) is 1. The van der Waals surface area contributed by atoms with Gasteiger partial charge in [-0.25, -0.2) is 26.4 Å². The van der Waals surface area contributed by atoms with Gasteiger partial charge < -0.3 is 40.6 Å². The molecule has 0 radical (unpaired) electrons. The van der Waals surface area contributed by atoms with Crippen molar-refractivity contribution in [2.24, 2.45) is 0 Å². The maximum absolute atomic E-state index is 13.2. The second-order valence-electron chi connectivity index (χ2n) is 15.5. The number of sulfone groups is 1. The SMILES string of the molecule is CCN[C@H]1C[C@H](C)S(=O)(=O)c2sc(S(=O)(=O)NC(=O)C(C)OC(=O)C(C)OC(=O)CCC(=O)Nc3ccc4c(c3)/C(=C/c3[nH]c(C)c(C(=O)NCCN(CC)CC)c3C)C(=O)N4)cc21. The number of esters is 2. The van der Waals surface area contributed by atoms with Gasteiger partial charge in [-0.15, -0.1) is 11.3 Å². The molecule has 4 amide bonds. The first-order valence-electron chi connectivity index (χ1n) is 20.9. The highest BCUT2D eigenvalue weighted by Gasteiger charge is 2.40. The summed E-state index contributed by atoms with van der Waals surface area (Å²) in [5.74, 6) is -4.52. The zero-order valence-corrected chi connectivity index (χ0v) is 39.4. The maximum atomic E-state index is 13.2. The van der Waals surface area contributed by atoms with Crippen LogP contribution in [0, 0.1) is 13.8 Å².